The predicted octanol–water partition coefficient (Wildman–Crippen LogP) is 1.76. The van der Waals surface area contributed by atoms with E-state index >= 15 is 0 Å². The van der Waals surface area contributed by atoms with Gasteiger partial charge in [0.2, 0.25) is 0 Å². The van der Waals surface area contributed by atoms with Crippen LogP contribution >= 0.6 is 0 Å². The molecule has 3 rings (SSSR count). The molecule has 132 valence electrons. The van der Waals surface area contributed by atoms with Gasteiger partial charge < -0.3 is 14.4 Å². The van der Waals surface area contributed by atoms with Crippen LogP contribution < -0.4 is 0 Å². The summed E-state index contributed by atoms with van der Waals surface area (Å²) in [5, 5.41) is 0. The number of likely N-dealkylation sites (tertiary alicyclic amines) is 1. The molecule has 0 N–H and O–H groups in total. The molecule has 0 saturated carbocycles. The van der Waals surface area contributed by atoms with E-state index in [1.807, 2.05) is 4.90 Å². The third-order valence-corrected chi connectivity index (χ3v) is 4.97. The lowest BCUT2D eigenvalue weighted by Gasteiger charge is -2.34. The van der Waals surface area contributed by atoms with E-state index in [9.17, 15) is 9.18 Å². The van der Waals surface area contributed by atoms with Gasteiger partial charge in [0.25, 0.3) is 5.91 Å². The lowest BCUT2D eigenvalue weighted by atomic mass is 10.0. The van der Waals surface area contributed by atoms with Gasteiger partial charge in [-0.25, -0.2) is 4.39 Å². The van der Waals surface area contributed by atoms with Crippen molar-refractivity contribution in [3.63, 3.8) is 0 Å². The third kappa shape index (κ3) is 3.61. The molecule has 2 aliphatic heterocycles. The number of carbonyl (C=O) groups excluding carboxylic acids is 1. The quantitative estimate of drug-likeness (QED) is 0.840. The zero-order chi connectivity index (χ0) is 17.1. The second-order valence-corrected chi connectivity index (χ2v) is 6.64. The normalized spacial score (nSPS) is 25.2. The first kappa shape index (κ1) is 17.3. The van der Waals surface area contributed by atoms with Crippen molar-refractivity contribution in [2.45, 2.75) is 19.6 Å². The molecular weight excluding hydrogens is 311 g/mol. The van der Waals surface area contributed by atoms with Crippen molar-refractivity contribution in [3.8, 4) is 0 Å². The van der Waals surface area contributed by atoms with Gasteiger partial charge in [0, 0.05) is 50.5 Å². The van der Waals surface area contributed by atoms with Crippen LogP contribution in [0, 0.1) is 11.7 Å². The zero-order valence-corrected chi connectivity index (χ0v) is 14.3. The Morgan fingerprint density at radius 2 is 2.08 bits per heavy atom. The zero-order valence-electron chi connectivity index (χ0n) is 14.3. The average molecular weight is 336 g/mol. The molecule has 0 unspecified atom stereocenters. The smallest absolute Gasteiger partial charge is 0.253 e. The Hall–Kier alpha value is -1.50. The summed E-state index contributed by atoms with van der Waals surface area (Å²) >= 11 is 0. The van der Waals surface area contributed by atoms with Crippen LogP contribution in [0.1, 0.15) is 22.8 Å². The van der Waals surface area contributed by atoms with Crippen molar-refractivity contribution in [3.05, 3.63) is 35.1 Å². The van der Waals surface area contributed by atoms with E-state index in [2.05, 4.69) is 11.8 Å². The Bertz CT molecular complexity index is 590. The molecular formula is C18H25FN2O3. The molecule has 0 aliphatic carbocycles. The molecule has 6 heteroatoms. The SMILES string of the molecule is COCc1cc(C(=O)N2C[C@H](C)[C@@H](N3CCOCC3)C2)ccc1F. The number of carbonyl (C=O) groups is 1. The van der Waals surface area contributed by atoms with Crippen molar-refractivity contribution < 1.29 is 18.7 Å². The van der Waals surface area contributed by atoms with Gasteiger partial charge in [-0.05, 0) is 24.1 Å². The van der Waals surface area contributed by atoms with Gasteiger partial charge in [-0.1, -0.05) is 6.92 Å². The van der Waals surface area contributed by atoms with Crippen molar-refractivity contribution >= 4 is 5.91 Å². The van der Waals surface area contributed by atoms with Gasteiger partial charge in [0.1, 0.15) is 5.82 Å². The Labute approximate surface area is 142 Å². The number of rotatable bonds is 4. The minimum Gasteiger partial charge on any atom is -0.380 e. The van der Waals surface area contributed by atoms with Gasteiger partial charge >= 0.3 is 0 Å². The second kappa shape index (κ2) is 7.59. The molecule has 24 heavy (non-hydrogen) atoms. The second-order valence-electron chi connectivity index (χ2n) is 6.64. The summed E-state index contributed by atoms with van der Waals surface area (Å²) in [7, 11) is 1.52. The van der Waals surface area contributed by atoms with Crippen LogP contribution in [0.25, 0.3) is 0 Å². The molecule has 2 fully saturated rings. The van der Waals surface area contributed by atoms with Crippen LogP contribution in [0.5, 0.6) is 0 Å². The Morgan fingerprint density at radius 3 is 2.79 bits per heavy atom. The number of morpholine rings is 1. The summed E-state index contributed by atoms with van der Waals surface area (Å²) in [6.45, 7) is 7.17. The van der Waals surface area contributed by atoms with Gasteiger partial charge in [0.15, 0.2) is 0 Å². The molecule has 0 aromatic heterocycles. The van der Waals surface area contributed by atoms with E-state index in [1.165, 1.54) is 13.2 Å². The fourth-order valence-electron chi connectivity index (χ4n) is 3.66. The molecule has 1 aromatic rings. The first-order valence-corrected chi connectivity index (χ1v) is 8.48. The highest BCUT2D eigenvalue weighted by Gasteiger charge is 2.36. The molecule has 2 heterocycles. The van der Waals surface area contributed by atoms with Gasteiger partial charge in [-0.15, -0.1) is 0 Å². The highest BCUT2D eigenvalue weighted by molar-refractivity contribution is 5.94. The van der Waals surface area contributed by atoms with Gasteiger partial charge in [-0.2, -0.15) is 0 Å². The van der Waals surface area contributed by atoms with E-state index in [1.54, 1.807) is 12.1 Å². The summed E-state index contributed by atoms with van der Waals surface area (Å²) in [5.41, 5.74) is 0.943. The summed E-state index contributed by atoms with van der Waals surface area (Å²) in [5.74, 6) is 0.0512. The van der Waals surface area contributed by atoms with Gasteiger partial charge in [-0.3, -0.25) is 9.69 Å². The number of hydrogen-bond donors (Lipinski definition) is 0. The highest BCUT2D eigenvalue weighted by atomic mass is 19.1. The molecule has 2 saturated heterocycles. The van der Waals surface area contributed by atoms with E-state index in [4.69, 9.17) is 9.47 Å². The molecule has 0 spiro atoms. The van der Waals surface area contributed by atoms with Crippen LogP contribution in [0.2, 0.25) is 0 Å². The fourth-order valence-corrected chi connectivity index (χ4v) is 3.66. The third-order valence-electron chi connectivity index (χ3n) is 4.97. The minimum atomic E-state index is -0.339. The summed E-state index contributed by atoms with van der Waals surface area (Å²) < 4.78 is 24.2. The number of nitrogens with zero attached hydrogens (tertiary/aromatic N) is 2. The monoisotopic (exact) mass is 336 g/mol. The maximum atomic E-state index is 13.7. The van der Waals surface area contributed by atoms with Crippen molar-refractivity contribution in [2.75, 3.05) is 46.5 Å². The standard InChI is InChI=1S/C18H25FN2O3/c1-13-10-21(11-17(13)20-5-7-24-8-6-20)18(22)14-3-4-16(19)15(9-14)12-23-2/h3-4,9,13,17H,5-8,10-12H2,1-2H3/t13-,17-/m0/s1. The summed E-state index contributed by atoms with van der Waals surface area (Å²) in [6, 6.07) is 4.88. The van der Waals surface area contributed by atoms with Crippen molar-refractivity contribution in [1.29, 1.82) is 0 Å². The number of ether oxygens (including phenoxy) is 2. The van der Waals surface area contributed by atoms with Crippen LogP contribution in [0.3, 0.4) is 0 Å². The fraction of sp³-hybridized carbons (Fsp3) is 0.611. The Morgan fingerprint density at radius 1 is 1.33 bits per heavy atom. The van der Waals surface area contributed by atoms with Crippen molar-refractivity contribution in [2.24, 2.45) is 5.92 Å². The topological polar surface area (TPSA) is 42.0 Å². The molecule has 0 bridgehead atoms. The molecule has 1 aromatic carbocycles. The highest BCUT2D eigenvalue weighted by Crippen LogP contribution is 2.25. The van der Waals surface area contributed by atoms with E-state index in [-0.39, 0.29) is 18.3 Å². The summed E-state index contributed by atoms with van der Waals surface area (Å²) in [4.78, 5) is 17.1. The lowest BCUT2D eigenvalue weighted by molar-refractivity contribution is 0.0119. The largest absolute Gasteiger partial charge is 0.380 e. The van der Waals surface area contributed by atoms with E-state index in [0.29, 0.717) is 23.1 Å². The van der Waals surface area contributed by atoms with Gasteiger partial charge in [0.05, 0.1) is 19.8 Å². The van der Waals surface area contributed by atoms with Crippen LogP contribution in [0.4, 0.5) is 4.39 Å². The van der Waals surface area contributed by atoms with Crippen LogP contribution in [-0.2, 0) is 16.1 Å². The Kier molecular flexibility index (Phi) is 5.48. The van der Waals surface area contributed by atoms with Crippen LogP contribution in [0.15, 0.2) is 18.2 Å². The van der Waals surface area contributed by atoms with Crippen molar-refractivity contribution in [1.82, 2.24) is 9.80 Å². The van der Waals surface area contributed by atoms with E-state index < -0.39 is 0 Å². The molecule has 5 nitrogen and oxygen atoms in total. The Balaban J connectivity index is 1.70. The van der Waals surface area contributed by atoms with Crippen LogP contribution in [-0.4, -0.2) is 68.3 Å². The first-order chi connectivity index (χ1) is 11.6. The number of hydrogen-bond acceptors (Lipinski definition) is 4. The minimum absolute atomic E-state index is 0.0324. The number of amides is 1. The predicted molar refractivity (Wildman–Crippen MR) is 88.4 cm³/mol. The average Bonchev–Trinajstić information content (AvgIpc) is 2.99. The summed E-state index contributed by atoms with van der Waals surface area (Å²) in [6.07, 6.45) is 0. The first-order valence-electron chi connectivity index (χ1n) is 8.48. The molecule has 0 radical (unpaired) electrons. The number of halogens is 1. The number of methoxy groups -OCH3 is 1. The van der Waals surface area contributed by atoms with E-state index in [0.717, 1.165) is 39.4 Å². The number of benzene rings is 1. The maximum Gasteiger partial charge on any atom is 0.253 e. The molecule has 2 aliphatic rings. The maximum absolute atomic E-state index is 13.7. The lowest BCUT2D eigenvalue weighted by Crippen LogP contribution is -2.47. The molecule has 2 atom stereocenters. The molecule has 1 amide bonds.